The Labute approximate surface area is 124 Å². The summed E-state index contributed by atoms with van der Waals surface area (Å²) in [7, 11) is -2.38. The van der Waals surface area contributed by atoms with Gasteiger partial charge in [-0.2, -0.15) is 0 Å². The van der Waals surface area contributed by atoms with Crippen LogP contribution in [0.3, 0.4) is 0 Å². The van der Waals surface area contributed by atoms with Crippen LogP contribution in [0.2, 0.25) is 0 Å². The van der Waals surface area contributed by atoms with E-state index < -0.39 is 22.0 Å². The highest BCUT2D eigenvalue weighted by Crippen LogP contribution is 2.22. The van der Waals surface area contributed by atoms with Gasteiger partial charge in [0.25, 0.3) is 5.91 Å². The fraction of sp³-hybridized carbons (Fsp3) is 0.364. The Kier molecular flexibility index (Phi) is 6.94. The number of nitrogens with two attached hydrogens (primary N) is 2. The lowest BCUT2D eigenvalue weighted by Gasteiger charge is -2.13. The normalized spacial score (nSPS) is 12.3. The van der Waals surface area contributed by atoms with Crippen LogP contribution < -0.4 is 20.9 Å². The van der Waals surface area contributed by atoms with Crippen LogP contribution in [0.4, 0.5) is 0 Å². The molecule has 0 saturated heterocycles. The number of carbonyl (C=O) groups is 1. The van der Waals surface area contributed by atoms with Gasteiger partial charge in [-0.1, -0.05) is 0 Å². The lowest BCUT2D eigenvalue weighted by Crippen LogP contribution is -2.37. The molecule has 1 aromatic carbocycles. The molecule has 0 aromatic heterocycles. The minimum absolute atomic E-state index is 0. The third kappa shape index (κ3) is 4.34. The van der Waals surface area contributed by atoms with Crippen molar-refractivity contribution in [3.63, 3.8) is 0 Å². The van der Waals surface area contributed by atoms with Crippen molar-refractivity contribution in [2.45, 2.75) is 17.9 Å². The smallest absolute Gasteiger partial charge is 0.252 e. The number of rotatable bonds is 6. The number of nitrogens with one attached hydrogen (secondary N) is 1. The van der Waals surface area contributed by atoms with E-state index in [1.54, 1.807) is 6.92 Å². The van der Waals surface area contributed by atoms with Gasteiger partial charge in [0, 0.05) is 12.6 Å². The van der Waals surface area contributed by atoms with Gasteiger partial charge in [0.2, 0.25) is 10.0 Å². The van der Waals surface area contributed by atoms with Gasteiger partial charge in [0.15, 0.2) is 0 Å². The number of ether oxygens (including phenoxy) is 1. The van der Waals surface area contributed by atoms with Crippen LogP contribution in [0.5, 0.6) is 5.75 Å². The van der Waals surface area contributed by atoms with Gasteiger partial charge in [0.1, 0.15) is 5.75 Å². The van der Waals surface area contributed by atoms with Gasteiger partial charge in [-0.3, -0.25) is 4.79 Å². The van der Waals surface area contributed by atoms with Crippen LogP contribution in [0.25, 0.3) is 0 Å². The number of halogens is 1. The zero-order chi connectivity index (χ0) is 14.6. The van der Waals surface area contributed by atoms with Gasteiger partial charge >= 0.3 is 0 Å². The van der Waals surface area contributed by atoms with Crippen molar-refractivity contribution in [1.29, 1.82) is 0 Å². The zero-order valence-electron chi connectivity index (χ0n) is 11.1. The van der Waals surface area contributed by atoms with Gasteiger partial charge in [0.05, 0.1) is 17.6 Å². The second kappa shape index (κ2) is 7.44. The Morgan fingerprint density at radius 3 is 2.50 bits per heavy atom. The first-order chi connectivity index (χ1) is 8.81. The van der Waals surface area contributed by atoms with Gasteiger partial charge in [-0.25, -0.2) is 13.1 Å². The molecule has 0 saturated carbocycles. The van der Waals surface area contributed by atoms with Crippen molar-refractivity contribution >= 4 is 28.3 Å². The fourth-order valence-electron chi connectivity index (χ4n) is 1.43. The lowest BCUT2D eigenvalue weighted by atomic mass is 10.2. The van der Waals surface area contributed by atoms with E-state index in [-0.39, 0.29) is 35.2 Å². The minimum atomic E-state index is -3.75. The van der Waals surface area contributed by atoms with E-state index in [9.17, 15) is 13.2 Å². The summed E-state index contributed by atoms with van der Waals surface area (Å²) in [5.41, 5.74) is 10.5. The lowest BCUT2D eigenvalue weighted by molar-refractivity contribution is 0.0997. The molecule has 0 aliphatic rings. The maximum atomic E-state index is 12.0. The quantitative estimate of drug-likeness (QED) is 0.671. The molecule has 5 N–H and O–H groups in total. The molecule has 0 fully saturated rings. The number of benzene rings is 1. The van der Waals surface area contributed by atoms with Crippen LogP contribution >= 0.6 is 12.4 Å². The summed E-state index contributed by atoms with van der Waals surface area (Å²) in [4.78, 5) is 11.2. The van der Waals surface area contributed by atoms with Gasteiger partial charge in [-0.15, -0.1) is 12.4 Å². The summed E-state index contributed by atoms with van der Waals surface area (Å²) in [5.74, 6) is -0.543. The number of primary amides is 1. The van der Waals surface area contributed by atoms with E-state index in [4.69, 9.17) is 16.2 Å². The molecule has 20 heavy (non-hydrogen) atoms. The summed E-state index contributed by atoms with van der Waals surface area (Å²) in [5, 5.41) is 0. The monoisotopic (exact) mass is 323 g/mol. The molecule has 0 unspecified atom stereocenters. The molecule has 1 amide bonds. The SMILES string of the molecule is COc1ccc(S(=O)(=O)N[C@H](C)CN)cc1C(N)=O.Cl. The zero-order valence-corrected chi connectivity index (χ0v) is 12.8. The van der Waals surface area contributed by atoms with Crippen molar-refractivity contribution in [2.75, 3.05) is 13.7 Å². The van der Waals surface area contributed by atoms with Crippen molar-refractivity contribution in [2.24, 2.45) is 11.5 Å². The number of hydrogen-bond donors (Lipinski definition) is 3. The predicted octanol–water partition coefficient (Wildman–Crippen LogP) is -0.159. The van der Waals surface area contributed by atoms with Crippen LogP contribution in [0, 0.1) is 0 Å². The maximum absolute atomic E-state index is 12.0. The first kappa shape index (κ1) is 18.7. The Balaban J connectivity index is 0.00000361. The van der Waals surface area contributed by atoms with Crippen molar-refractivity contribution in [1.82, 2.24) is 4.72 Å². The number of hydrogen-bond acceptors (Lipinski definition) is 5. The Morgan fingerprint density at radius 2 is 2.05 bits per heavy atom. The molecule has 0 bridgehead atoms. The van der Waals surface area contributed by atoms with Crippen molar-refractivity contribution in [3.8, 4) is 5.75 Å². The molecule has 7 nitrogen and oxygen atoms in total. The molecule has 0 heterocycles. The molecule has 0 radical (unpaired) electrons. The molecule has 0 aliphatic carbocycles. The standard InChI is InChI=1S/C11H17N3O4S.ClH/c1-7(6-12)14-19(16,17)8-3-4-10(18-2)9(5-8)11(13)15;/h3-5,7,14H,6,12H2,1-2H3,(H2,13,15);1H/t7-;/m1./s1. The first-order valence-corrected chi connectivity index (χ1v) is 7.00. The summed E-state index contributed by atoms with van der Waals surface area (Å²) >= 11 is 0. The molecular formula is C11H18ClN3O4S. The topological polar surface area (TPSA) is 125 Å². The van der Waals surface area contributed by atoms with E-state index in [1.165, 1.54) is 25.3 Å². The van der Waals surface area contributed by atoms with Crippen LogP contribution in [-0.2, 0) is 10.0 Å². The van der Waals surface area contributed by atoms with E-state index in [0.29, 0.717) is 0 Å². The second-order valence-electron chi connectivity index (χ2n) is 3.98. The van der Waals surface area contributed by atoms with Gasteiger partial charge < -0.3 is 16.2 Å². The van der Waals surface area contributed by atoms with E-state index >= 15 is 0 Å². The van der Waals surface area contributed by atoms with Crippen molar-refractivity contribution in [3.05, 3.63) is 23.8 Å². The molecular weight excluding hydrogens is 306 g/mol. The molecule has 114 valence electrons. The fourth-order valence-corrected chi connectivity index (χ4v) is 2.71. The summed E-state index contributed by atoms with van der Waals surface area (Å²) in [6.07, 6.45) is 0. The molecule has 1 atom stereocenters. The summed E-state index contributed by atoms with van der Waals surface area (Å²) < 4.78 is 31.4. The third-order valence-corrected chi connectivity index (χ3v) is 4.04. The van der Waals surface area contributed by atoms with E-state index in [0.717, 1.165) is 0 Å². The average molecular weight is 324 g/mol. The maximum Gasteiger partial charge on any atom is 0.252 e. The number of carbonyl (C=O) groups excluding carboxylic acids is 1. The first-order valence-electron chi connectivity index (χ1n) is 5.52. The molecule has 0 aliphatic heterocycles. The van der Waals surface area contributed by atoms with Crippen LogP contribution in [0.15, 0.2) is 23.1 Å². The Morgan fingerprint density at radius 1 is 1.45 bits per heavy atom. The van der Waals surface area contributed by atoms with E-state index in [1.807, 2.05) is 0 Å². The van der Waals surface area contributed by atoms with E-state index in [2.05, 4.69) is 4.72 Å². The molecule has 9 heteroatoms. The van der Waals surface area contributed by atoms with Crippen LogP contribution in [0.1, 0.15) is 17.3 Å². The van der Waals surface area contributed by atoms with Gasteiger partial charge in [-0.05, 0) is 25.1 Å². The Bertz CT molecular complexity index is 577. The number of methoxy groups -OCH3 is 1. The molecule has 1 aromatic rings. The largest absolute Gasteiger partial charge is 0.496 e. The highest BCUT2D eigenvalue weighted by atomic mass is 35.5. The Hall–Kier alpha value is -1.35. The van der Waals surface area contributed by atoms with Crippen LogP contribution in [-0.4, -0.2) is 34.0 Å². The number of amides is 1. The molecule has 0 spiro atoms. The highest BCUT2D eigenvalue weighted by Gasteiger charge is 2.20. The molecule has 1 rings (SSSR count). The third-order valence-electron chi connectivity index (χ3n) is 2.46. The number of sulfonamides is 1. The summed E-state index contributed by atoms with van der Waals surface area (Å²) in [6.45, 7) is 1.80. The second-order valence-corrected chi connectivity index (χ2v) is 5.70. The van der Waals surface area contributed by atoms with Crippen molar-refractivity contribution < 1.29 is 17.9 Å². The minimum Gasteiger partial charge on any atom is -0.496 e. The predicted molar refractivity (Wildman–Crippen MR) is 77.6 cm³/mol. The summed E-state index contributed by atoms with van der Waals surface area (Å²) in [6, 6.07) is 3.47. The average Bonchev–Trinajstić information content (AvgIpc) is 2.37. The highest BCUT2D eigenvalue weighted by molar-refractivity contribution is 7.89.